The maximum Gasteiger partial charge on any atom is 0.416 e. The molecule has 0 bridgehead atoms. The van der Waals surface area contributed by atoms with Crippen LogP contribution < -0.4 is 5.73 Å². The van der Waals surface area contributed by atoms with Gasteiger partial charge in [0.05, 0.1) is 11.6 Å². The van der Waals surface area contributed by atoms with E-state index in [1.165, 1.54) is 18.2 Å². The van der Waals surface area contributed by atoms with Gasteiger partial charge in [-0.15, -0.1) is 6.58 Å². The number of rotatable bonds is 5. The topological polar surface area (TPSA) is 43.1 Å². The summed E-state index contributed by atoms with van der Waals surface area (Å²) >= 11 is 0. The number of carbonyl (C=O) groups excluding carboxylic acids is 1. The van der Waals surface area contributed by atoms with Crippen molar-refractivity contribution in [1.29, 1.82) is 0 Å². The molecule has 1 rings (SSSR count). The zero-order chi connectivity index (χ0) is 13.8. The van der Waals surface area contributed by atoms with E-state index in [4.69, 9.17) is 5.73 Å². The van der Waals surface area contributed by atoms with Crippen LogP contribution in [0.3, 0.4) is 0 Å². The second kappa shape index (κ2) is 5.82. The second-order valence-corrected chi connectivity index (χ2v) is 3.97. The highest BCUT2D eigenvalue weighted by Crippen LogP contribution is 2.29. The highest BCUT2D eigenvalue weighted by Gasteiger charge is 2.30. The van der Waals surface area contributed by atoms with Crippen LogP contribution in [0.5, 0.6) is 0 Å². The van der Waals surface area contributed by atoms with Gasteiger partial charge in [0.25, 0.3) is 0 Å². The first kappa shape index (κ1) is 14.4. The van der Waals surface area contributed by atoms with E-state index < -0.39 is 17.8 Å². The van der Waals surface area contributed by atoms with E-state index in [0.29, 0.717) is 12.0 Å². The van der Waals surface area contributed by atoms with Crippen LogP contribution in [-0.2, 0) is 17.4 Å². The molecule has 0 aromatic heterocycles. The number of halogens is 3. The average molecular weight is 257 g/mol. The van der Waals surface area contributed by atoms with Crippen molar-refractivity contribution in [2.75, 3.05) is 0 Å². The molecule has 2 nitrogen and oxygen atoms in total. The first-order valence-corrected chi connectivity index (χ1v) is 5.40. The van der Waals surface area contributed by atoms with Gasteiger partial charge in [0.15, 0.2) is 5.78 Å². The molecule has 0 saturated carbocycles. The first-order valence-electron chi connectivity index (χ1n) is 5.40. The van der Waals surface area contributed by atoms with Crippen molar-refractivity contribution >= 4 is 5.78 Å². The number of carbonyl (C=O) groups is 1. The number of alkyl halides is 3. The Bertz CT molecular complexity index is 440. The van der Waals surface area contributed by atoms with Crippen LogP contribution in [0, 0.1) is 0 Å². The Labute approximate surface area is 103 Å². The monoisotopic (exact) mass is 257 g/mol. The smallest absolute Gasteiger partial charge is 0.321 e. The van der Waals surface area contributed by atoms with Crippen LogP contribution in [-0.4, -0.2) is 11.8 Å². The molecule has 1 atom stereocenters. The normalized spacial score (nSPS) is 13.1. The number of Topliss-reactive ketones (excluding diaryl/α,β-unsaturated/α-hetero) is 1. The van der Waals surface area contributed by atoms with E-state index in [2.05, 4.69) is 6.58 Å². The Balaban J connectivity index is 2.80. The standard InChI is InChI=1S/C13H14F3NO/c1-2-4-11(17)12(18)8-9-5-3-6-10(7-9)13(14,15)16/h2-3,5-7,11H,1,4,8,17H2. The van der Waals surface area contributed by atoms with E-state index >= 15 is 0 Å². The molecule has 2 N–H and O–H groups in total. The van der Waals surface area contributed by atoms with Crippen molar-refractivity contribution in [2.45, 2.75) is 25.1 Å². The van der Waals surface area contributed by atoms with Gasteiger partial charge in [0, 0.05) is 6.42 Å². The fourth-order valence-electron chi connectivity index (χ4n) is 1.50. The summed E-state index contributed by atoms with van der Waals surface area (Å²) in [6.07, 6.45) is -2.67. The van der Waals surface area contributed by atoms with E-state index in [1.807, 2.05) is 0 Å². The molecule has 0 aliphatic rings. The molecule has 0 amide bonds. The van der Waals surface area contributed by atoms with Crippen LogP contribution in [0.1, 0.15) is 17.5 Å². The molecule has 5 heteroatoms. The van der Waals surface area contributed by atoms with Crippen LogP contribution in [0.2, 0.25) is 0 Å². The minimum atomic E-state index is -4.40. The maximum absolute atomic E-state index is 12.5. The summed E-state index contributed by atoms with van der Waals surface area (Å²) in [7, 11) is 0. The van der Waals surface area contributed by atoms with Crippen molar-refractivity contribution in [3.8, 4) is 0 Å². The summed E-state index contributed by atoms with van der Waals surface area (Å²) in [6.45, 7) is 3.46. The summed E-state index contributed by atoms with van der Waals surface area (Å²) in [6, 6.07) is 3.99. The fraction of sp³-hybridized carbons (Fsp3) is 0.308. The molecule has 1 aromatic carbocycles. The van der Waals surface area contributed by atoms with Crippen molar-refractivity contribution in [3.05, 3.63) is 48.0 Å². The Morgan fingerprint density at radius 2 is 2.11 bits per heavy atom. The first-order chi connectivity index (χ1) is 8.34. The fourth-order valence-corrected chi connectivity index (χ4v) is 1.50. The molecule has 0 aliphatic carbocycles. The third-order valence-electron chi connectivity index (χ3n) is 2.47. The lowest BCUT2D eigenvalue weighted by molar-refractivity contribution is -0.137. The lowest BCUT2D eigenvalue weighted by atomic mass is 10.0. The zero-order valence-corrected chi connectivity index (χ0v) is 9.70. The molecular weight excluding hydrogens is 243 g/mol. The summed E-state index contributed by atoms with van der Waals surface area (Å²) in [4.78, 5) is 11.6. The van der Waals surface area contributed by atoms with Crippen molar-refractivity contribution < 1.29 is 18.0 Å². The van der Waals surface area contributed by atoms with Gasteiger partial charge in [-0.25, -0.2) is 0 Å². The molecule has 18 heavy (non-hydrogen) atoms. The Morgan fingerprint density at radius 1 is 1.44 bits per heavy atom. The average Bonchev–Trinajstić information content (AvgIpc) is 2.28. The number of ketones is 1. The molecule has 0 saturated heterocycles. The molecule has 1 aromatic rings. The molecular formula is C13H14F3NO. The van der Waals surface area contributed by atoms with Gasteiger partial charge in [-0.2, -0.15) is 13.2 Å². The van der Waals surface area contributed by atoms with E-state index in [9.17, 15) is 18.0 Å². The predicted octanol–water partition coefficient (Wildman–Crippen LogP) is 2.72. The van der Waals surface area contributed by atoms with Gasteiger partial charge in [0.2, 0.25) is 0 Å². The van der Waals surface area contributed by atoms with Crippen LogP contribution in [0.15, 0.2) is 36.9 Å². The molecule has 0 heterocycles. The third kappa shape index (κ3) is 4.00. The molecule has 0 fully saturated rings. The van der Waals surface area contributed by atoms with E-state index in [0.717, 1.165) is 12.1 Å². The minimum absolute atomic E-state index is 0.0983. The lowest BCUT2D eigenvalue weighted by Gasteiger charge is -2.10. The molecule has 0 aliphatic heterocycles. The predicted molar refractivity (Wildman–Crippen MR) is 62.9 cm³/mol. The Morgan fingerprint density at radius 3 is 2.67 bits per heavy atom. The highest BCUT2D eigenvalue weighted by atomic mass is 19.4. The van der Waals surface area contributed by atoms with Gasteiger partial charge in [-0.05, 0) is 18.1 Å². The van der Waals surface area contributed by atoms with Gasteiger partial charge in [-0.1, -0.05) is 24.3 Å². The van der Waals surface area contributed by atoms with Crippen LogP contribution in [0.4, 0.5) is 13.2 Å². The van der Waals surface area contributed by atoms with Crippen LogP contribution >= 0.6 is 0 Å². The second-order valence-electron chi connectivity index (χ2n) is 3.97. The number of hydrogen-bond donors (Lipinski definition) is 1. The SMILES string of the molecule is C=CCC(N)C(=O)Cc1cccc(C(F)(F)F)c1. The summed E-state index contributed by atoms with van der Waals surface area (Å²) in [5.74, 6) is -0.297. The van der Waals surface area contributed by atoms with Gasteiger partial charge in [0.1, 0.15) is 0 Å². The molecule has 0 spiro atoms. The Hall–Kier alpha value is -1.62. The molecule has 98 valence electrons. The summed E-state index contributed by atoms with van der Waals surface area (Å²) in [5, 5.41) is 0. The molecule has 1 unspecified atom stereocenters. The lowest BCUT2D eigenvalue weighted by Crippen LogP contribution is -2.31. The zero-order valence-electron chi connectivity index (χ0n) is 9.70. The molecule has 0 radical (unpaired) electrons. The minimum Gasteiger partial charge on any atom is -0.321 e. The largest absolute Gasteiger partial charge is 0.416 e. The number of hydrogen-bond acceptors (Lipinski definition) is 2. The van der Waals surface area contributed by atoms with Gasteiger partial charge < -0.3 is 5.73 Å². The number of benzene rings is 1. The van der Waals surface area contributed by atoms with Crippen molar-refractivity contribution in [2.24, 2.45) is 5.73 Å². The number of nitrogens with two attached hydrogens (primary N) is 1. The van der Waals surface area contributed by atoms with Gasteiger partial charge in [-0.3, -0.25) is 4.79 Å². The van der Waals surface area contributed by atoms with E-state index in [1.54, 1.807) is 0 Å². The highest BCUT2D eigenvalue weighted by molar-refractivity contribution is 5.86. The summed E-state index contributed by atoms with van der Waals surface area (Å²) < 4.78 is 37.4. The van der Waals surface area contributed by atoms with Crippen molar-refractivity contribution in [1.82, 2.24) is 0 Å². The quantitative estimate of drug-likeness (QED) is 0.824. The Kier molecular flexibility index (Phi) is 4.67. The van der Waals surface area contributed by atoms with Gasteiger partial charge >= 0.3 is 6.18 Å². The third-order valence-corrected chi connectivity index (χ3v) is 2.47. The van der Waals surface area contributed by atoms with Crippen molar-refractivity contribution in [3.63, 3.8) is 0 Å². The van der Waals surface area contributed by atoms with Crippen LogP contribution in [0.25, 0.3) is 0 Å². The van der Waals surface area contributed by atoms with E-state index in [-0.39, 0.29) is 12.2 Å². The summed E-state index contributed by atoms with van der Waals surface area (Å²) in [5.41, 5.74) is 5.11. The maximum atomic E-state index is 12.5.